The Labute approximate surface area is 82.3 Å². The molecule has 0 aliphatic heterocycles. The molecule has 0 aromatic heterocycles. The molecule has 0 amide bonds. The summed E-state index contributed by atoms with van der Waals surface area (Å²) < 4.78 is 13.3. The van der Waals surface area contributed by atoms with Gasteiger partial charge in [0, 0.05) is 0 Å². The van der Waals surface area contributed by atoms with Gasteiger partial charge in [-0.3, -0.25) is 0 Å². The molecule has 0 spiro atoms. The van der Waals surface area contributed by atoms with E-state index in [9.17, 15) is 4.39 Å². The summed E-state index contributed by atoms with van der Waals surface area (Å²) in [5, 5.41) is 8.81. The van der Waals surface area contributed by atoms with E-state index < -0.39 is 5.82 Å². The number of aliphatic hydroxyl groups is 1. The standard InChI is InChI=1S/C7H5ClFIO/c8-5-2-1-4(3-11)7(10)6(5)9/h1-2,11H,3H2. The van der Waals surface area contributed by atoms with Gasteiger partial charge in [0.25, 0.3) is 0 Å². The Morgan fingerprint density at radius 2 is 2.18 bits per heavy atom. The zero-order chi connectivity index (χ0) is 8.43. The highest BCUT2D eigenvalue weighted by Crippen LogP contribution is 2.23. The van der Waals surface area contributed by atoms with Crippen molar-refractivity contribution in [2.45, 2.75) is 6.61 Å². The SMILES string of the molecule is OCc1ccc(Cl)c(F)c1I. The summed E-state index contributed by atoms with van der Waals surface area (Å²) >= 11 is 7.29. The Balaban J connectivity index is 3.25. The number of benzene rings is 1. The van der Waals surface area contributed by atoms with Gasteiger partial charge in [0.05, 0.1) is 15.2 Å². The number of hydrogen-bond donors (Lipinski definition) is 1. The van der Waals surface area contributed by atoms with Crippen LogP contribution in [0.15, 0.2) is 12.1 Å². The van der Waals surface area contributed by atoms with Crippen molar-refractivity contribution in [1.29, 1.82) is 0 Å². The van der Waals surface area contributed by atoms with E-state index in [0.717, 1.165) is 0 Å². The first-order valence-electron chi connectivity index (χ1n) is 2.90. The van der Waals surface area contributed by atoms with Crippen LogP contribution in [0.5, 0.6) is 0 Å². The lowest BCUT2D eigenvalue weighted by molar-refractivity contribution is 0.280. The van der Waals surface area contributed by atoms with Gasteiger partial charge in [-0.15, -0.1) is 0 Å². The molecule has 60 valence electrons. The lowest BCUT2D eigenvalue weighted by Crippen LogP contribution is -1.92. The van der Waals surface area contributed by atoms with E-state index in [0.29, 0.717) is 9.13 Å². The molecule has 1 aromatic rings. The monoisotopic (exact) mass is 286 g/mol. The van der Waals surface area contributed by atoms with Gasteiger partial charge in [-0.25, -0.2) is 4.39 Å². The minimum absolute atomic E-state index is 0.0894. The lowest BCUT2D eigenvalue weighted by Gasteiger charge is -2.02. The third-order valence-electron chi connectivity index (χ3n) is 1.29. The third-order valence-corrected chi connectivity index (χ3v) is 2.74. The van der Waals surface area contributed by atoms with Gasteiger partial charge in [-0.1, -0.05) is 17.7 Å². The molecule has 0 heterocycles. The molecule has 1 rings (SSSR count). The van der Waals surface area contributed by atoms with E-state index in [1.165, 1.54) is 6.07 Å². The van der Waals surface area contributed by atoms with Crippen molar-refractivity contribution in [2.75, 3.05) is 0 Å². The zero-order valence-electron chi connectivity index (χ0n) is 5.44. The summed E-state index contributed by atoms with van der Waals surface area (Å²) in [4.78, 5) is 0. The minimum Gasteiger partial charge on any atom is -0.392 e. The fraction of sp³-hybridized carbons (Fsp3) is 0.143. The summed E-state index contributed by atoms with van der Waals surface area (Å²) in [5.41, 5.74) is 0.563. The minimum atomic E-state index is -0.459. The average Bonchev–Trinajstić information content (AvgIpc) is 2.01. The summed E-state index contributed by atoms with van der Waals surface area (Å²) in [6.45, 7) is -0.160. The number of aliphatic hydroxyl groups excluding tert-OH is 1. The molecule has 0 unspecified atom stereocenters. The van der Waals surface area contributed by atoms with Gasteiger partial charge >= 0.3 is 0 Å². The number of hydrogen-bond acceptors (Lipinski definition) is 1. The summed E-state index contributed by atoms with van der Waals surface area (Å²) in [6, 6.07) is 3.04. The maximum absolute atomic E-state index is 12.9. The summed E-state index contributed by atoms with van der Waals surface area (Å²) in [5.74, 6) is -0.459. The Hall–Kier alpha value is 0.130. The molecule has 0 atom stereocenters. The highest BCUT2D eigenvalue weighted by atomic mass is 127. The Morgan fingerprint density at radius 3 is 2.73 bits per heavy atom. The molecule has 0 radical (unpaired) electrons. The van der Waals surface area contributed by atoms with Crippen LogP contribution in [-0.4, -0.2) is 5.11 Å². The zero-order valence-corrected chi connectivity index (χ0v) is 8.36. The average molecular weight is 286 g/mol. The van der Waals surface area contributed by atoms with Crippen LogP contribution in [0.2, 0.25) is 5.02 Å². The highest BCUT2D eigenvalue weighted by Gasteiger charge is 2.07. The predicted octanol–water partition coefficient (Wildman–Crippen LogP) is 2.58. The second kappa shape index (κ2) is 3.69. The van der Waals surface area contributed by atoms with E-state index in [2.05, 4.69) is 0 Å². The Morgan fingerprint density at radius 1 is 1.55 bits per heavy atom. The molecule has 11 heavy (non-hydrogen) atoms. The quantitative estimate of drug-likeness (QED) is 0.621. The van der Waals surface area contributed by atoms with Crippen molar-refractivity contribution < 1.29 is 9.50 Å². The van der Waals surface area contributed by atoms with Gasteiger partial charge in [-0.05, 0) is 34.2 Å². The lowest BCUT2D eigenvalue weighted by atomic mass is 10.2. The third kappa shape index (κ3) is 1.83. The molecule has 0 bridgehead atoms. The topological polar surface area (TPSA) is 20.2 Å². The van der Waals surface area contributed by atoms with E-state index >= 15 is 0 Å². The second-order valence-electron chi connectivity index (χ2n) is 1.99. The second-order valence-corrected chi connectivity index (χ2v) is 3.48. The van der Waals surface area contributed by atoms with Crippen LogP contribution in [0.25, 0.3) is 0 Å². The molecule has 0 saturated carbocycles. The molecule has 0 aliphatic rings. The van der Waals surface area contributed by atoms with Crippen molar-refractivity contribution in [3.8, 4) is 0 Å². The first-order valence-corrected chi connectivity index (χ1v) is 4.35. The van der Waals surface area contributed by atoms with Crippen molar-refractivity contribution in [3.05, 3.63) is 32.1 Å². The first kappa shape index (κ1) is 9.22. The van der Waals surface area contributed by atoms with E-state index in [4.69, 9.17) is 16.7 Å². The largest absolute Gasteiger partial charge is 0.392 e. The molecule has 0 fully saturated rings. The molecule has 4 heteroatoms. The van der Waals surface area contributed by atoms with E-state index in [1.807, 2.05) is 22.6 Å². The predicted molar refractivity (Wildman–Crippen MR) is 50.0 cm³/mol. The molecular weight excluding hydrogens is 281 g/mol. The maximum atomic E-state index is 12.9. The van der Waals surface area contributed by atoms with Crippen LogP contribution in [0.1, 0.15) is 5.56 Å². The van der Waals surface area contributed by atoms with Crippen LogP contribution in [0, 0.1) is 9.39 Å². The summed E-state index contributed by atoms with van der Waals surface area (Å²) in [7, 11) is 0. The Kier molecular flexibility index (Phi) is 3.09. The van der Waals surface area contributed by atoms with Crippen molar-refractivity contribution in [2.24, 2.45) is 0 Å². The van der Waals surface area contributed by atoms with Gasteiger partial charge in [0.2, 0.25) is 0 Å². The number of halogens is 3. The van der Waals surface area contributed by atoms with Crippen LogP contribution in [-0.2, 0) is 6.61 Å². The Bertz CT molecular complexity index is 277. The first-order chi connectivity index (χ1) is 5.16. The highest BCUT2D eigenvalue weighted by molar-refractivity contribution is 14.1. The van der Waals surface area contributed by atoms with Crippen molar-refractivity contribution in [1.82, 2.24) is 0 Å². The molecule has 0 aliphatic carbocycles. The molecule has 1 N–H and O–H groups in total. The fourth-order valence-electron chi connectivity index (χ4n) is 0.688. The fourth-order valence-corrected chi connectivity index (χ4v) is 1.65. The van der Waals surface area contributed by atoms with Crippen molar-refractivity contribution >= 4 is 34.2 Å². The summed E-state index contributed by atoms with van der Waals surface area (Å²) in [6.07, 6.45) is 0. The van der Waals surface area contributed by atoms with Gasteiger partial charge in [0.15, 0.2) is 5.82 Å². The molecule has 1 aromatic carbocycles. The molecular formula is C7H5ClFIO. The molecule has 0 saturated heterocycles. The van der Waals surface area contributed by atoms with Crippen LogP contribution in [0.3, 0.4) is 0 Å². The van der Waals surface area contributed by atoms with E-state index in [-0.39, 0.29) is 11.6 Å². The maximum Gasteiger partial charge on any atom is 0.155 e. The molecule has 1 nitrogen and oxygen atoms in total. The number of rotatable bonds is 1. The van der Waals surface area contributed by atoms with E-state index in [1.54, 1.807) is 6.07 Å². The van der Waals surface area contributed by atoms with Crippen LogP contribution in [0.4, 0.5) is 4.39 Å². The normalized spacial score (nSPS) is 10.2. The van der Waals surface area contributed by atoms with Gasteiger partial charge in [-0.2, -0.15) is 0 Å². The smallest absolute Gasteiger partial charge is 0.155 e. The van der Waals surface area contributed by atoms with Gasteiger partial charge in [0.1, 0.15) is 0 Å². The van der Waals surface area contributed by atoms with Gasteiger partial charge < -0.3 is 5.11 Å². The van der Waals surface area contributed by atoms with Crippen LogP contribution >= 0.6 is 34.2 Å². The van der Waals surface area contributed by atoms with Crippen LogP contribution < -0.4 is 0 Å². The van der Waals surface area contributed by atoms with Crippen molar-refractivity contribution in [3.63, 3.8) is 0 Å².